The number of amides is 1. The van der Waals surface area contributed by atoms with Gasteiger partial charge in [-0.3, -0.25) is 0 Å². The number of aromatic nitrogens is 2. The highest BCUT2D eigenvalue weighted by Crippen LogP contribution is 2.28. The summed E-state index contributed by atoms with van der Waals surface area (Å²) in [6.45, 7) is 8.99. The zero-order chi connectivity index (χ0) is 17.9. The van der Waals surface area contributed by atoms with Crippen molar-refractivity contribution in [1.82, 2.24) is 15.3 Å². The fourth-order valence-corrected chi connectivity index (χ4v) is 3.10. The number of alkyl carbamates (subject to hydrolysis) is 1. The van der Waals surface area contributed by atoms with E-state index >= 15 is 0 Å². The van der Waals surface area contributed by atoms with Gasteiger partial charge in [-0.25, -0.2) is 9.78 Å². The Morgan fingerprint density at radius 2 is 2.21 bits per heavy atom. The Hall–Kier alpha value is -1.76. The van der Waals surface area contributed by atoms with Gasteiger partial charge in [0.05, 0.1) is 6.04 Å². The number of ether oxygens (including phenoxy) is 1. The molecule has 0 bridgehead atoms. The topological polar surface area (TPSA) is 93.4 Å². The Morgan fingerprint density at radius 1 is 1.50 bits per heavy atom. The summed E-state index contributed by atoms with van der Waals surface area (Å²) in [5.74, 6) is 1.23. The van der Waals surface area contributed by atoms with E-state index in [-0.39, 0.29) is 12.0 Å². The number of carbonyl (C=O) groups is 1. The van der Waals surface area contributed by atoms with Gasteiger partial charge >= 0.3 is 6.09 Å². The molecule has 1 amide bonds. The lowest BCUT2D eigenvalue weighted by Gasteiger charge is -2.41. The van der Waals surface area contributed by atoms with Crippen LogP contribution in [0.3, 0.4) is 0 Å². The first-order valence-electron chi connectivity index (χ1n) is 8.19. The van der Waals surface area contributed by atoms with E-state index in [0.717, 1.165) is 19.4 Å². The average molecular weight is 356 g/mol. The van der Waals surface area contributed by atoms with Crippen molar-refractivity contribution in [2.75, 3.05) is 23.7 Å². The van der Waals surface area contributed by atoms with E-state index in [1.807, 2.05) is 20.8 Å². The average Bonchev–Trinajstić information content (AvgIpc) is 2.42. The van der Waals surface area contributed by atoms with Crippen molar-refractivity contribution >= 4 is 29.5 Å². The Labute approximate surface area is 147 Å². The first-order valence-corrected chi connectivity index (χ1v) is 8.57. The highest BCUT2D eigenvalue weighted by molar-refractivity contribution is 6.29. The summed E-state index contributed by atoms with van der Waals surface area (Å²) in [4.78, 5) is 22.3. The fraction of sp³-hybridized carbons (Fsp3) is 0.688. The van der Waals surface area contributed by atoms with Crippen molar-refractivity contribution < 1.29 is 9.53 Å². The zero-order valence-electron chi connectivity index (χ0n) is 14.7. The van der Waals surface area contributed by atoms with Gasteiger partial charge in [-0.1, -0.05) is 18.5 Å². The first kappa shape index (κ1) is 18.6. The van der Waals surface area contributed by atoms with Crippen molar-refractivity contribution in [3.8, 4) is 0 Å². The largest absolute Gasteiger partial charge is 0.444 e. The summed E-state index contributed by atoms with van der Waals surface area (Å²) >= 11 is 6.01. The van der Waals surface area contributed by atoms with E-state index in [1.165, 1.54) is 0 Å². The number of nitrogens with one attached hydrogen (secondary N) is 1. The lowest BCUT2D eigenvalue weighted by Crippen LogP contribution is -2.51. The quantitative estimate of drug-likeness (QED) is 0.810. The van der Waals surface area contributed by atoms with Crippen LogP contribution in [-0.4, -0.2) is 40.8 Å². The van der Waals surface area contributed by atoms with Gasteiger partial charge in [-0.05, 0) is 39.5 Å². The molecule has 8 heteroatoms. The van der Waals surface area contributed by atoms with Crippen LogP contribution in [0.25, 0.3) is 0 Å². The zero-order valence-corrected chi connectivity index (χ0v) is 15.4. The molecule has 0 aliphatic carbocycles. The summed E-state index contributed by atoms with van der Waals surface area (Å²) in [5.41, 5.74) is 5.20. The lowest BCUT2D eigenvalue weighted by molar-refractivity contribution is 0.0519. The summed E-state index contributed by atoms with van der Waals surface area (Å²) in [5, 5.41) is 3.17. The van der Waals surface area contributed by atoms with E-state index in [2.05, 4.69) is 27.1 Å². The molecule has 1 aliphatic rings. The smallest absolute Gasteiger partial charge is 0.407 e. The predicted molar refractivity (Wildman–Crippen MR) is 95.2 cm³/mol. The molecule has 1 aromatic rings. The van der Waals surface area contributed by atoms with Crippen LogP contribution in [0.15, 0.2) is 6.07 Å². The maximum absolute atomic E-state index is 11.9. The minimum Gasteiger partial charge on any atom is -0.444 e. The third-order valence-corrected chi connectivity index (χ3v) is 4.16. The molecule has 2 atom stereocenters. The van der Waals surface area contributed by atoms with Crippen LogP contribution < -0.4 is 16.0 Å². The van der Waals surface area contributed by atoms with Crippen LogP contribution >= 0.6 is 11.6 Å². The molecule has 1 aliphatic heterocycles. The lowest BCUT2D eigenvalue weighted by atomic mass is 9.90. The van der Waals surface area contributed by atoms with Gasteiger partial charge in [0.25, 0.3) is 0 Å². The van der Waals surface area contributed by atoms with E-state index < -0.39 is 11.7 Å². The van der Waals surface area contributed by atoms with Crippen LogP contribution in [0.2, 0.25) is 5.15 Å². The van der Waals surface area contributed by atoms with Crippen molar-refractivity contribution in [3.63, 3.8) is 0 Å². The molecular formula is C16H26ClN5O2. The van der Waals surface area contributed by atoms with Crippen molar-refractivity contribution in [1.29, 1.82) is 0 Å². The maximum atomic E-state index is 11.9. The molecular weight excluding hydrogens is 330 g/mol. The number of anilines is 2. The van der Waals surface area contributed by atoms with Crippen LogP contribution in [0.1, 0.15) is 40.5 Å². The van der Waals surface area contributed by atoms with E-state index in [1.54, 1.807) is 6.07 Å². The van der Waals surface area contributed by atoms with Gasteiger partial charge < -0.3 is 20.7 Å². The monoisotopic (exact) mass is 355 g/mol. The third-order valence-electron chi connectivity index (χ3n) is 3.96. The Kier molecular flexibility index (Phi) is 5.74. The number of nitrogen functional groups attached to an aromatic ring is 1. The van der Waals surface area contributed by atoms with Crippen LogP contribution in [0.4, 0.5) is 16.6 Å². The molecule has 0 saturated carbocycles. The second-order valence-electron chi connectivity index (χ2n) is 7.17. The van der Waals surface area contributed by atoms with E-state index in [9.17, 15) is 4.79 Å². The molecule has 0 spiro atoms. The summed E-state index contributed by atoms with van der Waals surface area (Å²) in [6, 6.07) is 1.80. The van der Waals surface area contributed by atoms with Crippen molar-refractivity contribution in [2.45, 2.75) is 52.2 Å². The number of nitrogens with zero attached hydrogens (tertiary/aromatic N) is 3. The molecule has 1 aromatic heterocycles. The SMILES string of the molecule is CC1CCCN(c2cc(Cl)nc(N)n2)C1CNC(=O)OC(C)(C)C. The molecule has 2 heterocycles. The number of halogens is 1. The summed E-state index contributed by atoms with van der Waals surface area (Å²) in [6.07, 6.45) is 1.72. The molecule has 3 N–H and O–H groups in total. The van der Waals surface area contributed by atoms with Crippen molar-refractivity contribution in [3.05, 3.63) is 11.2 Å². The highest BCUT2D eigenvalue weighted by Gasteiger charge is 2.30. The van der Waals surface area contributed by atoms with Crippen LogP contribution in [0, 0.1) is 5.92 Å². The Morgan fingerprint density at radius 3 is 2.83 bits per heavy atom. The summed E-state index contributed by atoms with van der Waals surface area (Å²) in [7, 11) is 0. The Balaban J connectivity index is 2.10. The number of hydrogen-bond acceptors (Lipinski definition) is 6. The molecule has 24 heavy (non-hydrogen) atoms. The van der Waals surface area contributed by atoms with Gasteiger partial charge in [0, 0.05) is 19.2 Å². The molecule has 0 aromatic carbocycles. The van der Waals surface area contributed by atoms with Crippen molar-refractivity contribution in [2.24, 2.45) is 5.92 Å². The standard InChI is InChI=1S/C16H26ClN5O2/c1-10-6-5-7-22(13-8-12(17)20-14(18)21-13)11(10)9-19-15(23)24-16(2,3)4/h8,10-11H,5-7,9H2,1-4H3,(H,19,23)(H2,18,20,21). The molecule has 2 rings (SSSR count). The highest BCUT2D eigenvalue weighted by atomic mass is 35.5. The molecule has 0 radical (unpaired) electrons. The third kappa shape index (κ3) is 5.12. The van der Waals surface area contributed by atoms with E-state index in [4.69, 9.17) is 22.1 Å². The number of hydrogen-bond donors (Lipinski definition) is 2. The summed E-state index contributed by atoms with van der Waals surface area (Å²) < 4.78 is 5.31. The van der Waals surface area contributed by atoms with Gasteiger partial charge in [0.15, 0.2) is 0 Å². The minimum absolute atomic E-state index is 0.0941. The second-order valence-corrected chi connectivity index (χ2v) is 7.56. The number of rotatable bonds is 3. The maximum Gasteiger partial charge on any atom is 0.407 e. The first-order chi connectivity index (χ1) is 11.2. The molecule has 134 valence electrons. The van der Waals surface area contributed by atoms with Gasteiger partial charge in [-0.2, -0.15) is 4.98 Å². The minimum atomic E-state index is -0.517. The normalized spacial score (nSPS) is 21.5. The van der Waals surface area contributed by atoms with Gasteiger partial charge in [0.2, 0.25) is 5.95 Å². The van der Waals surface area contributed by atoms with E-state index in [0.29, 0.717) is 23.4 Å². The number of carbonyl (C=O) groups excluding carboxylic acids is 1. The van der Waals surface area contributed by atoms with Crippen LogP contribution in [-0.2, 0) is 4.74 Å². The molecule has 2 unspecified atom stereocenters. The number of piperidine rings is 1. The molecule has 1 saturated heterocycles. The predicted octanol–water partition coefficient (Wildman–Crippen LogP) is 2.84. The second kappa shape index (κ2) is 7.42. The van der Waals surface area contributed by atoms with Gasteiger partial charge in [-0.15, -0.1) is 0 Å². The molecule has 1 fully saturated rings. The molecule has 7 nitrogen and oxygen atoms in total. The number of nitrogens with two attached hydrogens (primary N) is 1. The van der Waals surface area contributed by atoms with Crippen LogP contribution in [0.5, 0.6) is 0 Å². The fourth-order valence-electron chi connectivity index (χ4n) is 2.92. The Bertz CT molecular complexity index is 570. The van der Waals surface area contributed by atoms with Gasteiger partial charge in [0.1, 0.15) is 16.6 Å².